The minimum atomic E-state index is -0.642. The van der Waals surface area contributed by atoms with Crippen LogP contribution in [-0.4, -0.2) is 30.3 Å². The summed E-state index contributed by atoms with van der Waals surface area (Å²) in [6, 6.07) is 14.8. The van der Waals surface area contributed by atoms with Gasteiger partial charge in [0.05, 0.1) is 23.1 Å². The van der Waals surface area contributed by atoms with Crippen LogP contribution in [0.15, 0.2) is 53.4 Å². The fourth-order valence-electron chi connectivity index (χ4n) is 2.15. The molecule has 3 amide bonds. The van der Waals surface area contributed by atoms with Gasteiger partial charge in [-0.05, 0) is 29.8 Å². The van der Waals surface area contributed by atoms with E-state index in [1.54, 1.807) is 36.4 Å². The minimum Gasteiger partial charge on any atom is -0.452 e. The molecule has 0 aliphatic carbocycles. The van der Waals surface area contributed by atoms with Crippen LogP contribution in [0.25, 0.3) is 0 Å². The molecule has 0 unspecified atom stereocenters. The van der Waals surface area contributed by atoms with Gasteiger partial charge in [0.1, 0.15) is 0 Å². The number of nitriles is 1. The van der Waals surface area contributed by atoms with Crippen LogP contribution in [0.3, 0.4) is 0 Å². The molecule has 0 radical (unpaired) electrons. The molecule has 2 aromatic rings. The molecule has 0 spiro atoms. The number of urea groups is 1. The normalized spacial score (nSPS) is 9.82. The van der Waals surface area contributed by atoms with Crippen molar-refractivity contribution in [3.63, 3.8) is 0 Å². The van der Waals surface area contributed by atoms with Crippen LogP contribution in [0.5, 0.6) is 0 Å². The molecule has 0 fully saturated rings. The van der Waals surface area contributed by atoms with E-state index >= 15 is 0 Å². The smallest absolute Gasteiger partial charge is 0.338 e. The number of rotatable bonds is 8. The summed E-state index contributed by atoms with van der Waals surface area (Å²) in [6.45, 7) is -0.197. The maximum atomic E-state index is 12.1. The Kier molecular flexibility index (Phi) is 7.87. The highest BCUT2D eigenvalue weighted by Gasteiger charge is 2.12. The Bertz CT molecular complexity index is 894. The lowest BCUT2D eigenvalue weighted by Gasteiger charge is -2.10. The number of esters is 1. The van der Waals surface area contributed by atoms with Crippen molar-refractivity contribution in [3.8, 4) is 6.07 Å². The van der Waals surface area contributed by atoms with E-state index < -0.39 is 24.5 Å². The van der Waals surface area contributed by atoms with Crippen LogP contribution in [0.2, 0.25) is 0 Å². The first kappa shape index (κ1) is 20.8. The topological polar surface area (TPSA) is 134 Å². The van der Waals surface area contributed by atoms with Gasteiger partial charge >= 0.3 is 12.0 Å². The first-order valence-electron chi connectivity index (χ1n) is 8.17. The molecule has 0 aromatic heterocycles. The summed E-state index contributed by atoms with van der Waals surface area (Å²) in [5.74, 6) is -0.871. The van der Waals surface area contributed by atoms with E-state index in [9.17, 15) is 14.4 Å². The van der Waals surface area contributed by atoms with Gasteiger partial charge in [0.2, 0.25) is 0 Å². The number of hydrogen-bond acceptors (Lipinski definition) is 6. The maximum absolute atomic E-state index is 12.1. The fraction of sp³-hybridized carbons (Fsp3) is 0.158. The predicted molar refractivity (Wildman–Crippen MR) is 105 cm³/mol. The number of amides is 3. The van der Waals surface area contributed by atoms with Gasteiger partial charge in [-0.1, -0.05) is 24.3 Å². The Balaban J connectivity index is 1.86. The molecule has 0 atom stereocenters. The Morgan fingerprint density at radius 1 is 1.11 bits per heavy atom. The van der Waals surface area contributed by atoms with E-state index in [4.69, 9.17) is 15.7 Å². The van der Waals surface area contributed by atoms with Crippen molar-refractivity contribution in [2.24, 2.45) is 5.73 Å². The molecule has 2 aromatic carbocycles. The predicted octanol–water partition coefficient (Wildman–Crippen LogP) is 2.27. The van der Waals surface area contributed by atoms with E-state index in [0.717, 1.165) is 10.5 Å². The van der Waals surface area contributed by atoms with Crippen molar-refractivity contribution < 1.29 is 19.1 Å². The van der Waals surface area contributed by atoms with Crippen molar-refractivity contribution in [2.45, 2.75) is 11.4 Å². The number of ether oxygens (including phenoxy) is 1. The summed E-state index contributed by atoms with van der Waals surface area (Å²) in [6.07, 6.45) is 0. The standard InChI is InChI=1S/C19H18N4O4S/c20-9-10-28-16-4-2-1-3-15(16)23-17(24)12-27-18(25)14-7-5-13(6-8-14)11-22-19(21)26/h1-8H,10-12H2,(H,23,24)(H3,21,22,26). The first-order chi connectivity index (χ1) is 13.5. The highest BCUT2D eigenvalue weighted by Crippen LogP contribution is 2.26. The molecule has 2 rings (SSSR count). The van der Waals surface area contributed by atoms with E-state index in [1.165, 1.54) is 23.9 Å². The monoisotopic (exact) mass is 398 g/mol. The molecular weight excluding hydrogens is 380 g/mol. The molecule has 0 bridgehead atoms. The molecule has 28 heavy (non-hydrogen) atoms. The molecular formula is C19H18N4O4S. The molecule has 0 aliphatic rings. The zero-order valence-corrected chi connectivity index (χ0v) is 15.6. The van der Waals surface area contributed by atoms with Gasteiger partial charge in [-0.25, -0.2) is 9.59 Å². The van der Waals surface area contributed by atoms with E-state index in [0.29, 0.717) is 5.69 Å². The van der Waals surface area contributed by atoms with Crippen LogP contribution in [0.4, 0.5) is 10.5 Å². The highest BCUT2D eigenvalue weighted by molar-refractivity contribution is 7.99. The number of primary amides is 1. The first-order valence-corrected chi connectivity index (χ1v) is 9.16. The number of carbonyl (C=O) groups is 3. The minimum absolute atomic E-state index is 0.246. The molecule has 0 saturated carbocycles. The Hall–Kier alpha value is -3.51. The number of nitrogens with zero attached hydrogens (tertiary/aromatic N) is 1. The second-order valence-corrected chi connectivity index (χ2v) is 6.50. The maximum Gasteiger partial charge on any atom is 0.338 e. The number of anilines is 1. The molecule has 9 heteroatoms. The van der Waals surface area contributed by atoms with Gasteiger partial charge in [0, 0.05) is 11.4 Å². The molecule has 0 saturated heterocycles. The summed E-state index contributed by atoms with van der Waals surface area (Å²) in [7, 11) is 0. The number of thioether (sulfide) groups is 1. The number of hydrogen-bond donors (Lipinski definition) is 3. The van der Waals surface area contributed by atoms with Gasteiger partial charge in [0.25, 0.3) is 5.91 Å². The number of nitrogens with two attached hydrogens (primary N) is 1. The van der Waals surface area contributed by atoms with Crippen molar-refractivity contribution in [3.05, 3.63) is 59.7 Å². The SMILES string of the molecule is N#CCSc1ccccc1NC(=O)COC(=O)c1ccc(CNC(N)=O)cc1. The summed E-state index contributed by atoms with van der Waals surface area (Å²) in [4.78, 5) is 35.6. The molecule has 144 valence electrons. The molecule has 0 aliphatic heterocycles. The van der Waals surface area contributed by atoms with Crippen LogP contribution >= 0.6 is 11.8 Å². The van der Waals surface area contributed by atoms with Crippen molar-refractivity contribution in [1.29, 1.82) is 5.26 Å². The number of carbonyl (C=O) groups excluding carboxylic acids is 3. The lowest BCUT2D eigenvalue weighted by molar-refractivity contribution is -0.119. The lowest BCUT2D eigenvalue weighted by Crippen LogP contribution is -2.28. The number of nitrogens with one attached hydrogen (secondary N) is 2. The van der Waals surface area contributed by atoms with Crippen LogP contribution < -0.4 is 16.4 Å². The molecule has 4 N–H and O–H groups in total. The second kappa shape index (κ2) is 10.6. The lowest BCUT2D eigenvalue weighted by atomic mass is 10.1. The molecule has 8 nitrogen and oxygen atoms in total. The largest absolute Gasteiger partial charge is 0.452 e. The summed E-state index contributed by atoms with van der Waals surface area (Å²) in [5, 5.41) is 13.8. The highest BCUT2D eigenvalue weighted by atomic mass is 32.2. The van der Waals surface area contributed by atoms with Crippen LogP contribution in [0.1, 0.15) is 15.9 Å². The van der Waals surface area contributed by atoms with Gasteiger partial charge in [0.15, 0.2) is 6.61 Å². The third kappa shape index (κ3) is 6.66. The zero-order chi connectivity index (χ0) is 20.4. The number of benzene rings is 2. The Morgan fingerprint density at radius 3 is 2.50 bits per heavy atom. The van der Waals surface area contributed by atoms with E-state index in [-0.39, 0.29) is 17.9 Å². The molecule has 0 heterocycles. The van der Waals surface area contributed by atoms with Crippen LogP contribution in [0, 0.1) is 11.3 Å². The van der Waals surface area contributed by atoms with Crippen molar-refractivity contribution >= 4 is 35.4 Å². The van der Waals surface area contributed by atoms with E-state index in [1.807, 2.05) is 6.07 Å². The third-order valence-corrected chi connectivity index (χ3v) is 4.38. The van der Waals surface area contributed by atoms with Gasteiger partial charge < -0.3 is 21.1 Å². The van der Waals surface area contributed by atoms with Crippen LogP contribution in [-0.2, 0) is 16.1 Å². The zero-order valence-electron chi connectivity index (χ0n) is 14.8. The van der Waals surface area contributed by atoms with Gasteiger partial charge in [-0.2, -0.15) is 5.26 Å². The summed E-state index contributed by atoms with van der Waals surface area (Å²) < 4.78 is 5.02. The Morgan fingerprint density at radius 2 is 1.82 bits per heavy atom. The third-order valence-electron chi connectivity index (χ3n) is 3.44. The average Bonchev–Trinajstić information content (AvgIpc) is 2.70. The summed E-state index contributed by atoms with van der Waals surface area (Å²) in [5.41, 5.74) is 6.59. The fourth-order valence-corrected chi connectivity index (χ4v) is 2.82. The van der Waals surface area contributed by atoms with E-state index in [2.05, 4.69) is 10.6 Å². The van der Waals surface area contributed by atoms with Gasteiger partial charge in [-0.15, -0.1) is 11.8 Å². The quantitative estimate of drug-likeness (QED) is 0.461. The Labute approximate surface area is 166 Å². The number of para-hydroxylation sites is 1. The van der Waals surface area contributed by atoms with Gasteiger partial charge in [-0.3, -0.25) is 4.79 Å². The van der Waals surface area contributed by atoms with Crippen molar-refractivity contribution in [1.82, 2.24) is 5.32 Å². The second-order valence-electron chi connectivity index (χ2n) is 5.48. The van der Waals surface area contributed by atoms with Crippen molar-refractivity contribution in [2.75, 3.05) is 17.7 Å². The average molecular weight is 398 g/mol. The summed E-state index contributed by atoms with van der Waals surface area (Å²) >= 11 is 1.30.